The number of benzene rings is 7. The van der Waals surface area contributed by atoms with Crippen LogP contribution in [-0.2, 0) is 0 Å². The van der Waals surface area contributed by atoms with Crippen LogP contribution in [0.1, 0.15) is 0 Å². The fourth-order valence-corrected chi connectivity index (χ4v) is 7.65. The maximum absolute atomic E-state index is 6.30. The molecule has 0 aliphatic carbocycles. The topological polar surface area (TPSA) is 28.3 Å². The van der Waals surface area contributed by atoms with Gasteiger partial charge in [0.1, 0.15) is 0 Å². The number of ether oxygens (including phenoxy) is 2. The first-order valence-electron chi connectivity index (χ1n) is 15.6. The van der Waals surface area contributed by atoms with E-state index in [1.165, 1.54) is 54.8 Å². The molecule has 2 aromatic heterocycles. The van der Waals surface area contributed by atoms with Crippen LogP contribution in [0.15, 0.2) is 146 Å². The van der Waals surface area contributed by atoms with Gasteiger partial charge in [-0.3, -0.25) is 0 Å². The molecular weight excluding hydrogens is 564 g/mol. The lowest BCUT2D eigenvalue weighted by Gasteiger charge is -2.20. The predicted octanol–water partition coefficient (Wildman–Crippen LogP) is 11.4. The van der Waals surface area contributed by atoms with Gasteiger partial charge in [0.25, 0.3) is 0 Å². The van der Waals surface area contributed by atoms with E-state index >= 15 is 0 Å². The van der Waals surface area contributed by atoms with Crippen LogP contribution in [0.25, 0.3) is 77.2 Å². The third kappa shape index (κ3) is 3.12. The van der Waals surface area contributed by atoms with Crippen LogP contribution in [0.5, 0.6) is 23.0 Å². The highest BCUT2D eigenvalue weighted by atomic mass is 16.5. The molecule has 0 spiro atoms. The highest BCUT2D eigenvalue weighted by Gasteiger charge is 2.25. The van der Waals surface area contributed by atoms with Crippen molar-refractivity contribution in [3.05, 3.63) is 146 Å². The number of aromatic nitrogens is 2. The molecular formula is C42H24N2O2. The lowest BCUT2D eigenvalue weighted by Crippen LogP contribution is -2.03. The van der Waals surface area contributed by atoms with Crippen molar-refractivity contribution in [2.45, 2.75) is 0 Å². The normalized spacial score (nSPS) is 12.7. The minimum atomic E-state index is 0.883. The SMILES string of the molecule is c1ccc2c(c1)Oc1cccc3c4cc(-c5ccc(-c6ccc7c(c6)c6cccc8c6n7-c6ccccc6O8)cc5)ccc4n-2c13. The van der Waals surface area contributed by atoms with Crippen molar-refractivity contribution < 1.29 is 9.47 Å². The summed E-state index contributed by atoms with van der Waals surface area (Å²) in [4.78, 5) is 0. The van der Waals surface area contributed by atoms with Crippen molar-refractivity contribution in [2.24, 2.45) is 0 Å². The number of nitrogens with zero attached hydrogens (tertiary/aromatic N) is 2. The molecule has 0 fully saturated rings. The van der Waals surface area contributed by atoms with E-state index in [0.29, 0.717) is 0 Å². The molecule has 0 N–H and O–H groups in total. The molecule has 4 nitrogen and oxygen atoms in total. The molecule has 11 rings (SSSR count). The summed E-state index contributed by atoms with van der Waals surface area (Å²) in [5.74, 6) is 3.56. The zero-order chi connectivity index (χ0) is 29.9. The van der Waals surface area contributed by atoms with E-state index in [-0.39, 0.29) is 0 Å². The number of fused-ring (bicyclic) bond motifs is 10. The molecule has 2 aliphatic rings. The van der Waals surface area contributed by atoms with Crippen molar-refractivity contribution in [3.63, 3.8) is 0 Å². The lowest BCUT2D eigenvalue weighted by molar-refractivity contribution is 0.476. The Hall–Kier alpha value is -6.26. The monoisotopic (exact) mass is 588 g/mol. The molecule has 9 aromatic rings. The van der Waals surface area contributed by atoms with Crippen LogP contribution in [0.2, 0.25) is 0 Å². The zero-order valence-corrected chi connectivity index (χ0v) is 24.6. The van der Waals surface area contributed by atoms with Gasteiger partial charge in [0.05, 0.1) is 33.4 Å². The fraction of sp³-hybridized carbons (Fsp3) is 0. The number of para-hydroxylation sites is 6. The Morgan fingerprint density at radius 1 is 0.326 bits per heavy atom. The van der Waals surface area contributed by atoms with E-state index in [1.807, 2.05) is 24.3 Å². The summed E-state index contributed by atoms with van der Waals surface area (Å²) >= 11 is 0. The van der Waals surface area contributed by atoms with Crippen LogP contribution < -0.4 is 9.47 Å². The van der Waals surface area contributed by atoms with Gasteiger partial charge in [-0.05, 0) is 82.9 Å². The first kappa shape index (κ1) is 24.1. The van der Waals surface area contributed by atoms with E-state index in [2.05, 4.69) is 130 Å². The lowest BCUT2D eigenvalue weighted by atomic mass is 9.98. The van der Waals surface area contributed by atoms with Crippen LogP contribution in [0.4, 0.5) is 0 Å². The standard InChI is InChI=1S/C42H24N2O2/c1-3-11-37-35(9-1)43-33-21-19-27(23-31(33)29-7-5-13-39(45-37)41(29)43)25-15-17-26(18-16-25)28-20-22-34-32(24-28)30-8-6-14-40-42(30)44(34)36-10-2-4-12-38(36)46-40/h1-24H. The Labute approximate surface area is 263 Å². The Balaban J connectivity index is 1.02. The molecule has 0 bridgehead atoms. The predicted molar refractivity (Wildman–Crippen MR) is 186 cm³/mol. The summed E-state index contributed by atoms with van der Waals surface area (Å²) in [6, 6.07) is 51.8. The summed E-state index contributed by atoms with van der Waals surface area (Å²) in [5, 5.41) is 4.85. The molecule has 0 radical (unpaired) electrons. The molecule has 0 saturated heterocycles. The number of hydrogen-bond donors (Lipinski definition) is 0. The van der Waals surface area contributed by atoms with Gasteiger partial charge in [0.15, 0.2) is 23.0 Å². The first-order valence-corrected chi connectivity index (χ1v) is 15.6. The second kappa shape index (κ2) is 8.68. The summed E-state index contributed by atoms with van der Waals surface area (Å²) < 4.78 is 17.3. The van der Waals surface area contributed by atoms with Gasteiger partial charge < -0.3 is 18.6 Å². The van der Waals surface area contributed by atoms with E-state index in [1.54, 1.807) is 0 Å². The third-order valence-electron chi connectivity index (χ3n) is 9.70. The average molecular weight is 589 g/mol. The van der Waals surface area contributed by atoms with Crippen LogP contribution in [0.3, 0.4) is 0 Å². The Morgan fingerprint density at radius 2 is 0.739 bits per heavy atom. The summed E-state index contributed by atoms with van der Waals surface area (Å²) in [6.07, 6.45) is 0. The molecule has 0 atom stereocenters. The molecule has 0 unspecified atom stereocenters. The highest BCUT2D eigenvalue weighted by Crippen LogP contribution is 2.47. The van der Waals surface area contributed by atoms with Gasteiger partial charge in [0, 0.05) is 21.5 Å². The molecule has 0 saturated carbocycles. The maximum Gasteiger partial charge on any atom is 0.152 e. The van der Waals surface area contributed by atoms with Crippen molar-refractivity contribution >= 4 is 43.6 Å². The van der Waals surface area contributed by atoms with Gasteiger partial charge in [-0.1, -0.05) is 84.9 Å². The van der Waals surface area contributed by atoms with Gasteiger partial charge in [-0.2, -0.15) is 0 Å². The second-order valence-electron chi connectivity index (χ2n) is 12.2. The van der Waals surface area contributed by atoms with Crippen molar-refractivity contribution in [3.8, 4) is 56.6 Å². The van der Waals surface area contributed by atoms with Gasteiger partial charge in [-0.15, -0.1) is 0 Å². The van der Waals surface area contributed by atoms with Crippen LogP contribution in [-0.4, -0.2) is 9.13 Å². The smallest absolute Gasteiger partial charge is 0.152 e. The van der Waals surface area contributed by atoms with Crippen molar-refractivity contribution in [2.75, 3.05) is 0 Å². The quantitative estimate of drug-likeness (QED) is 0.201. The molecule has 214 valence electrons. The first-order chi connectivity index (χ1) is 22.8. The molecule has 4 heterocycles. The molecule has 46 heavy (non-hydrogen) atoms. The van der Waals surface area contributed by atoms with Crippen molar-refractivity contribution in [1.29, 1.82) is 0 Å². The highest BCUT2D eigenvalue weighted by molar-refractivity contribution is 6.14. The molecule has 4 heteroatoms. The average Bonchev–Trinajstić information content (AvgIpc) is 3.63. The van der Waals surface area contributed by atoms with E-state index in [4.69, 9.17) is 9.47 Å². The number of rotatable bonds is 2. The third-order valence-corrected chi connectivity index (χ3v) is 9.70. The minimum absolute atomic E-state index is 0.883. The van der Waals surface area contributed by atoms with Gasteiger partial charge in [0.2, 0.25) is 0 Å². The zero-order valence-electron chi connectivity index (χ0n) is 24.6. The molecule has 0 amide bonds. The Kier molecular flexibility index (Phi) is 4.55. The summed E-state index contributed by atoms with van der Waals surface area (Å²) in [6.45, 7) is 0. The fourth-order valence-electron chi connectivity index (χ4n) is 7.65. The van der Waals surface area contributed by atoms with Crippen LogP contribution >= 0.6 is 0 Å². The Morgan fingerprint density at radius 3 is 1.22 bits per heavy atom. The van der Waals surface area contributed by atoms with Gasteiger partial charge >= 0.3 is 0 Å². The molecule has 7 aromatic carbocycles. The maximum atomic E-state index is 6.30. The second-order valence-corrected chi connectivity index (χ2v) is 12.2. The van der Waals surface area contributed by atoms with Gasteiger partial charge in [-0.25, -0.2) is 0 Å². The van der Waals surface area contributed by atoms with Crippen molar-refractivity contribution in [1.82, 2.24) is 9.13 Å². The van der Waals surface area contributed by atoms with E-state index in [0.717, 1.165) is 45.4 Å². The summed E-state index contributed by atoms with van der Waals surface area (Å²) in [7, 11) is 0. The van der Waals surface area contributed by atoms with E-state index in [9.17, 15) is 0 Å². The largest absolute Gasteiger partial charge is 0.453 e. The summed E-state index contributed by atoms with van der Waals surface area (Å²) in [5.41, 5.74) is 11.5. The Bertz CT molecular complexity index is 2560. The molecule has 2 aliphatic heterocycles. The minimum Gasteiger partial charge on any atom is -0.453 e. The number of hydrogen-bond acceptors (Lipinski definition) is 2. The van der Waals surface area contributed by atoms with E-state index < -0.39 is 0 Å². The van der Waals surface area contributed by atoms with Crippen LogP contribution in [0, 0.1) is 0 Å².